The summed E-state index contributed by atoms with van der Waals surface area (Å²) >= 11 is 2.58. The highest BCUT2D eigenvalue weighted by molar-refractivity contribution is 7.91. The number of aryl methyl sites for hydroxylation is 1. The lowest BCUT2D eigenvalue weighted by Gasteiger charge is -2.31. The molecule has 0 aromatic carbocycles. The Kier molecular flexibility index (Phi) is 8.45. The van der Waals surface area contributed by atoms with Crippen LogP contribution in [-0.2, 0) is 26.0 Å². The van der Waals surface area contributed by atoms with Crippen LogP contribution < -0.4 is 10.0 Å². The Hall–Kier alpha value is -1.79. The fourth-order valence-corrected chi connectivity index (χ4v) is 7.25. The van der Waals surface area contributed by atoms with Crippen LogP contribution in [0.25, 0.3) is 0 Å². The highest BCUT2D eigenvalue weighted by Crippen LogP contribution is 2.34. The molecule has 0 aliphatic carbocycles. The maximum absolute atomic E-state index is 12.7. The fraction of sp³-hybridized carbons (Fsp3) is 0.524. The molecule has 176 valence electrons. The summed E-state index contributed by atoms with van der Waals surface area (Å²) in [5.74, 6) is -0.611. The SMILES string of the molecule is CCOC(=O)c1c(NC(=O)CN2CCC(NS(=O)(=O)c3cccs3)CC2)sc(C)c1CC. The van der Waals surface area contributed by atoms with E-state index in [9.17, 15) is 18.0 Å². The highest BCUT2D eigenvalue weighted by atomic mass is 32.2. The molecule has 2 N–H and O–H groups in total. The average molecular weight is 500 g/mol. The number of rotatable bonds is 9. The predicted octanol–water partition coefficient (Wildman–Crippen LogP) is 3.24. The van der Waals surface area contributed by atoms with Crippen LogP contribution in [0.5, 0.6) is 0 Å². The van der Waals surface area contributed by atoms with Crippen LogP contribution in [-0.4, -0.2) is 57.5 Å². The zero-order valence-corrected chi connectivity index (χ0v) is 20.9. The van der Waals surface area contributed by atoms with Crippen molar-refractivity contribution < 1.29 is 22.7 Å². The molecule has 0 bridgehead atoms. The first-order chi connectivity index (χ1) is 15.2. The standard InChI is InChI=1S/C21H29N3O5S3/c1-4-16-14(3)31-20(19(16)21(26)29-5-2)22-17(25)13-24-10-8-15(9-11-24)23-32(27,28)18-7-6-12-30-18/h6-7,12,15,23H,4-5,8-11,13H2,1-3H3,(H,22,25). The van der Waals surface area contributed by atoms with Crippen LogP contribution in [0, 0.1) is 6.92 Å². The summed E-state index contributed by atoms with van der Waals surface area (Å²) in [4.78, 5) is 28.1. The van der Waals surface area contributed by atoms with Crippen molar-refractivity contribution in [3.63, 3.8) is 0 Å². The summed E-state index contributed by atoms with van der Waals surface area (Å²) in [6.07, 6.45) is 1.94. The van der Waals surface area contributed by atoms with Crippen molar-refractivity contribution in [2.75, 3.05) is 31.6 Å². The zero-order valence-electron chi connectivity index (χ0n) is 18.5. The number of piperidine rings is 1. The molecule has 1 fully saturated rings. The second-order valence-electron chi connectivity index (χ2n) is 7.57. The fourth-order valence-electron chi connectivity index (χ4n) is 3.78. The Morgan fingerprint density at radius 2 is 1.97 bits per heavy atom. The average Bonchev–Trinajstić information content (AvgIpc) is 3.38. The van der Waals surface area contributed by atoms with E-state index >= 15 is 0 Å². The zero-order chi connectivity index (χ0) is 23.3. The largest absolute Gasteiger partial charge is 0.462 e. The third kappa shape index (κ3) is 5.96. The maximum Gasteiger partial charge on any atom is 0.341 e. The van der Waals surface area contributed by atoms with E-state index in [4.69, 9.17) is 4.74 Å². The minimum Gasteiger partial charge on any atom is -0.462 e. The Morgan fingerprint density at radius 1 is 1.25 bits per heavy atom. The first kappa shape index (κ1) is 24.8. The summed E-state index contributed by atoms with van der Waals surface area (Å²) in [5.41, 5.74) is 1.36. The lowest BCUT2D eigenvalue weighted by Crippen LogP contribution is -2.46. The maximum atomic E-state index is 12.7. The number of likely N-dealkylation sites (tertiary alicyclic amines) is 1. The number of nitrogens with one attached hydrogen (secondary N) is 2. The van der Waals surface area contributed by atoms with Crippen molar-refractivity contribution >= 4 is 49.6 Å². The normalized spacial score (nSPS) is 15.6. The summed E-state index contributed by atoms with van der Waals surface area (Å²) in [6.45, 7) is 7.34. The number of anilines is 1. The Labute approximate surface area is 197 Å². The van der Waals surface area contributed by atoms with Gasteiger partial charge in [-0.1, -0.05) is 13.0 Å². The Balaban J connectivity index is 1.55. The number of ether oxygens (including phenoxy) is 1. The van der Waals surface area contributed by atoms with Crippen molar-refractivity contribution in [2.45, 2.75) is 50.3 Å². The number of amides is 1. The number of hydrogen-bond donors (Lipinski definition) is 2. The Morgan fingerprint density at radius 3 is 2.56 bits per heavy atom. The van der Waals surface area contributed by atoms with Crippen molar-refractivity contribution in [3.8, 4) is 0 Å². The number of esters is 1. The molecular formula is C21H29N3O5S3. The van der Waals surface area contributed by atoms with E-state index in [-0.39, 0.29) is 25.1 Å². The van der Waals surface area contributed by atoms with Crippen molar-refractivity contribution in [3.05, 3.63) is 33.5 Å². The van der Waals surface area contributed by atoms with Crippen LogP contribution in [0.15, 0.2) is 21.7 Å². The lowest BCUT2D eigenvalue weighted by atomic mass is 10.1. The molecule has 0 saturated carbocycles. The number of carbonyl (C=O) groups is 2. The minimum atomic E-state index is -3.49. The van der Waals surface area contributed by atoms with Gasteiger partial charge in [-0.3, -0.25) is 9.69 Å². The third-order valence-electron chi connectivity index (χ3n) is 5.33. The molecule has 2 aromatic rings. The van der Waals surface area contributed by atoms with Gasteiger partial charge in [0.1, 0.15) is 9.21 Å². The van der Waals surface area contributed by atoms with Gasteiger partial charge in [-0.15, -0.1) is 22.7 Å². The molecule has 1 amide bonds. The highest BCUT2D eigenvalue weighted by Gasteiger charge is 2.27. The van der Waals surface area contributed by atoms with Crippen LogP contribution in [0.2, 0.25) is 0 Å². The van der Waals surface area contributed by atoms with E-state index < -0.39 is 16.0 Å². The van der Waals surface area contributed by atoms with Gasteiger partial charge in [0.05, 0.1) is 18.7 Å². The molecule has 0 unspecified atom stereocenters. The molecule has 0 radical (unpaired) electrons. The van der Waals surface area contributed by atoms with Gasteiger partial charge in [-0.25, -0.2) is 17.9 Å². The molecule has 0 spiro atoms. The second-order valence-corrected chi connectivity index (χ2v) is 11.7. The van der Waals surface area contributed by atoms with Gasteiger partial charge in [0.2, 0.25) is 15.9 Å². The molecule has 3 heterocycles. The van der Waals surface area contributed by atoms with Crippen molar-refractivity contribution in [1.82, 2.24) is 9.62 Å². The van der Waals surface area contributed by atoms with Gasteiger partial charge in [0, 0.05) is 24.0 Å². The van der Waals surface area contributed by atoms with Gasteiger partial charge in [0.15, 0.2) is 0 Å². The van der Waals surface area contributed by atoms with Crippen LogP contribution in [0.1, 0.15) is 47.5 Å². The van der Waals surface area contributed by atoms with Crippen molar-refractivity contribution in [2.24, 2.45) is 0 Å². The number of hydrogen-bond acceptors (Lipinski definition) is 8. The van der Waals surface area contributed by atoms with Crippen LogP contribution in [0.3, 0.4) is 0 Å². The van der Waals surface area contributed by atoms with E-state index in [0.717, 1.165) is 10.4 Å². The summed E-state index contributed by atoms with van der Waals surface area (Å²) in [7, 11) is -3.49. The third-order valence-corrected chi connectivity index (χ3v) is 9.31. The molecular weight excluding hydrogens is 470 g/mol. The first-order valence-corrected chi connectivity index (χ1v) is 13.8. The van der Waals surface area contributed by atoms with E-state index in [2.05, 4.69) is 10.0 Å². The molecule has 11 heteroatoms. The van der Waals surface area contributed by atoms with E-state index in [0.29, 0.717) is 47.1 Å². The quantitative estimate of drug-likeness (QED) is 0.513. The number of carbonyl (C=O) groups excluding carboxylic acids is 2. The molecule has 2 aromatic heterocycles. The second kappa shape index (κ2) is 10.9. The van der Waals surface area contributed by atoms with Gasteiger partial charge in [-0.05, 0) is 50.1 Å². The first-order valence-electron chi connectivity index (χ1n) is 10.6. The van der Waals surface area contributed by atoms with Gasteiger partial charge >= 0.3 is 5.97 Å². The van der Waals surface area contributed by atoms with Gasteiger partial charge in [0.25, 0.3) is 0 Å². The molecule has 3 rings (SSSR count). The number of sulfonamides is 1. The molecule has 1 saturated heterocycles. The molecule has 32 heavy (non-hydrogen) atoms. The van der Waals surface area contributed by atoms with Crippen LogP contribution in [0.4, 0.5) is 5.00 Å². The summed E-state index contributed by atoms with van der Waals surface area (Å²) < 4.78 is 33.1. The molecule has 1 aliphatic rings. The predicted molar refractivity (Wildman–Crippen MR) is 127 cm³/mol. The topological polar surface area (TPSA) is 105 Å². The van der Waals surface area contributed by atoms with E-state index in [1.807, 2.05) is 18.7 Å². The lowest BCUT2D eigenvalue weighted by molar-refractivity contribution is -0.117. The smallest absolute Gasteiger partial charge is 0.341 e. The minimum absolute atomic E-state index is 0.149. The van der Waals surface area contributed by atoms with E-state index in [1.165, 1.54) is 22.7 Å². The molecule has 0 atom stereocenters. The summed E-state index contributed by atoms with van der Waals surface area (Å²) in [6, 6.07) is 3.16. The monoisotopic (exact) mass is 499 g/mol. The summed E-state index contributed by atoms with van der Waals surface area (Å²) in [5, 5.41) is 5.15. The Bertz CT molecular complexity index is 1040. The number of nitrogens with zero attached hydrogens (tertiary/aromatic N) is 1. The van der Waals surface area contributed by atoms with Crippen molar-refractivity contribution in [1.29, 1.82) is 0 Å². The number of thiophene rings is 2. The molecule has 8 nitrogen and oxygen atoms in total. The van der Waals surface area contributed by atoms with Crippen LogP contribution >= 0.6 is 22.7 Å². The van der Waals surface area contributed by atoms with Gasteiger partial charge < -0.3 is 10.1 Å². The van der Waals surface area contributed by atoms with Gasteiger partial charge in [-0.2, -0.15) is 0 Å². The van der Waals surface area contributed by atoms with E-state index in [1.54, 1.807) is 24.4 Å². The molecule has 1 aliphatic heterocycles.